The second kappa shape index (κ2) is 9.68. The van der Waals surface area contributed by atoms with Gasteiger partial charge in [-0.15, -0.1) is 0 Å². The smallest absolute Gasteiger partial charge is 0.304 e. The molecule has 0 radical (unpaired) electrons. The van der Waals surface area contributed by atoms with Gasteiger partial charge >= 0.3 is 5.97 Å². The third-order valence-corrected chi connectivity index (χ3v) is 7.34. The van der Waals surface area contributed by atoms with Gasteiger partial charge in [-0.05, 0) is 55.2 Å². The number of para-hydroxylation sites is 1. The van der Waals surface area contributed by atoms with Crippen LogP contribution in [0.25, 0.3) is 0 Å². The number of hydrazine groups is 1. The molecule has 2 aliphatic rings. The lowest BCUT2D eigenvalue weighted by atomic mass is 9.85. The number of hydrogen-bond acceptors (Lipinski definition) is 6. The lowest BCUT2D eigenvalue weighted by Gasteiger charge is -2.37. The molecular formula is C29H33FN4O3. The predicted octanol–water partition coefficient (Wildman–Crippen LogP) is 4.98. The van der Waals surface area contributed by atoms with Gasteiger partial charge in [-0.1, -0.05) is 42.5 Å². The fourth-order valence-electron chi connectivity index (χ4n) is 5.45. The van der Waals surface area contributed by atoms with Gasteiger partial charge in [0.15, 0.2) is 11.5 Å². The predicted molar refractivity (Wildman–Crippen MR) is 142 cm³/mol. The molecule has 0 saturated heterocycles. The van der Waals surface area contributed by atoms with Crippen LogP contribution in [0.2, 0.25) is 0 Å². The van der Waals surface area contributed by atoms with Gasteiger partial charge in [-0.3, -0.25) is 9.69 Å². The van der Waals surface area contributed by atoms with Crippen molar-refractivity contribution in [1.82, 2.24) is 4.90 Å². The van der Waals surface area contributed by atoms with Crippen LogP contribution in [0, 0.1) is 12.7 Å². The molecule has 2 aliphatic heterocycles. The minimum atomic E-state index is -0.998. The Labute approximate surface area is 216 Å². The molecule has 0 amide bonds. The number of hydrogen-bond donors (Lipinski definition) is 3. The number of fused-ring (bicyclic) bond motifs is 7. The van der Waals surface area contributed by atoms with Gasteiger partial charge in [0.2, 0.25) is 0 Å². The lowest BCUT2D eigenvalue weighted by Crippen LogP contribution is -2.50. The molecule has 37 heavy (non-hydrogen) atoms. The summed E-state index contributed by atoms with van der Waals surface area (Å²) in [5.74, 6) is 4.83. The minimum absolute atomic E-state index is 0.201. The van der Waals surface area contributed by atoms with Crippen molar-refractivity contribution in [1.29, 1.82) is 0 Å². The number of halogens is 1. The highest BCUT2D eigenvalue weighted by Gasteiger charge is 2.37. The minimum Gasteiger partial charge on any atom is -0.481 e. The SMILES string of the molecule is CCN(N)c1ccc2c(F)c1NC1(C)CN(Cc3cc(ccc3C)[C@@H]2CC(=O)O)Cc2ccccc2O1. The first kappa shape index (κ1) is 25.0. The van der Waals surface area contributed by atoms with Crippen LogP contribution in [0.1, 0.15) is 54.0 Å². The zero-order chi connectivity index (χ0) is 26.3. The van der Waals surface area contributed by atoms with E-state index in [1.54, 1.807) is 12.1 Å². The fourth-order valence-corrected chi connectivity index (χ4v) is 5.45. The molecule has 0 aromatic heterocycles. The number of carboxylic acids is 1. The van der Waals surface area contributed by atoms with E-state index in [0.717, 1.165) is 28.0 Å². The summed E-state index contributed by atoms with van der Waals surface area (Å²) in [6, 6.07) is 17.2. The number of nitrogens with zero attached hydrogens (tertiary/aromatic N) is 2. The summed E-state index contributed by atoms with van der Waals surface area (Å²) in [6.45, 7) is 8.07. The molecule has 3 aromatic rings. The van der Waals surface area contributed by atoms with Gasteiger partial charge in [-0.2, -0.15) is 0 Å². The van der Waals surface area contributed by atoms with Gasteiger partial charge in [-0.25, -0.2) is 10.2 Å². The van der Waals surface area contributed by atoms with E-state index in [2.05, 4.69) is 10.2 Å². The van der Waals surface area contributed by atoms with Crippen LogP contribution in [0.4, 0.5) is 15.8 Å². The molecule has 2 heterocycles. The van der Waals surface area contributed by atoms with E-state index in [0.29, 0.717) is 37.4 Å². The Hall–Kier alpha value is -3.62. The van der Waals surface area contributed by atoms with Crippen LogP contribution in [0.15, 0.2) is 54.6 Å². The highest BCUT2D eigenvalue weighted by molar-refractivity contribution is 5.74. The Morgan fingerprint density at radius 3 is 2.73 bits per heavy atom. The molecule has 0 saturated carbocycles. The van der Waals surface area contributed by atoms with Crippen molar-refractivity contribution in [3.63, 3.8) is 0 Å². The number of nitrogens with two attached hydrogens (primary N) is 1. The molecule has 5 rings (SSSR count). The second-order valence-corrected chi connectivity index (χ2v) is 10.2. The average molecular weight is 505 g/mol. The van der Waals surface area contributed by atoms with Gasteiger partial charge in [0, 0.05) is 31.1 Å². The lowest BCUT2D eigenvalue weighted by molar-refractivity contribution is -0.137. The molecule has 3 atom stereocenters. The van der Waals surface area contributed by atoms with E-state index < -0.39 is 23.4 Å². The highest BCUT2D eigenvalue weighted by Crippen LogP contribution is 2.41. The average Bonchev–Trinajstić information content (AvgIpc) is 2.99. The number of carbonyl (C=O) groups is 1. The Morgan fingerprint density at radius 1 is 1.22 bits per heavy atom. The first-order chi connectivity index (χ1) is 17.7. The number of aliphatic carboxylic acids is 1. The number of benzene rings is 3. The molecule has 194 valence electrons. The van der Waals surface area contributed by atoms with Crippen LogP contribution < -0.4 is 20.9 Å². The van der Waals surface area contributed by atoms with E-state index in [1.165, 1.54) is 5.01 Å². The molecule has 0 spiro atoms. The summed E-state index contributed by atoms with van der Waals surface area (Å²) in [7, 11) is 0. The van der Waals surface area contributed by atoms with E-state index in [4.69, 9.17) is 10.6 Å². The standard InChI is InChI=1S/C29H33FN4O3/c1-4-34(31)24-12-11-22-23(14-26(35)36)19-10-9-18(2)21(13-19)16-33-15-20-7-5-6-8-25(20)37-29(3,17-33)32-28(24)27(22)30/h5-13,23,32H,4,14-17,31H2,1-3H3,(H,35,36)/t23-,29?/m0/s1. The summed E-state index contributed by atoms with van der Waals surface area (Å²) in [5, 5.41) is 14.6. The number of aryl methyl sites for hydroxylation is 1. The number of anilines is 2. The monoisotopic (exact) mass is 504 g/mol. The first-order valence-electron chi connectivity index (χ1n) is 12.6. The normalized spacial score (nSPS) is 22.3. The van der Waals surface area contributed by atoms with Crippen LogP contribution in [-0.4, -0.2) is 34.8 Å². The Bertz CT molecular complexity index is 1350. The topological polar surface area (TPSA) is 91.1 Å². The number of ether oxygens (including phenoxy) is 1. The fraction of sp³-hybridized carbons (Fsp3) is 0.345. The van der Waals surface area contributed by atoms with Crippen LogP contribution in [-0.2, 0) is 17.9 Å². The Balaban J connectivity index is 1.77. The maximum Gasteiger partial charge on any atom is 0.304 e. The van der Waals surface area contributed by atoms with Crippen molar-refractivity contribution in [2.75, 3.05) is 23.4 Å². The van der Waals surface area contributed by atoms with Crippen molar-refractivity contribution in [3.8, 4) is 5.75 Å². The van der Waals surface area contributed by atoms with E-state index in [1.807, 2.05) is 63.2 Å². The maximum absolute atomic E-state index is 16.5. The largest absolute Gasteiger partial charge is 0.481 e. The van der Waals surface area contributed by atoms with Crippen LogP contribution in [0.5, 0.6) is 5.75 Å². The van der Waals surface area contributed by atoms with E-state index in [-0.39, 0.29) is 12.1 Å². The van der Waals surface area contributed by atoms with Crippen molar-refractivity contribution >= 4 is 17.3 Å². The third kappa shape index (κ3) is 4.86. The quantitative estimate of drug-likeness (QED) is 0.341. The molecule has 8 heteroatoms. The van der Waals surface area contributed by atoms with Gasteiger partial charge < -0.3 is 20.2 Å². The molecule has 0 aliphatic carbocycles. The molecule has 0 fully saturated rings. The number of nitrogens with one attached hydrogen (secondary N) is 1. The Morgan fingerprint density at radius 2 is 1.97 bits per heavy atom. The highest BCUT2D eigenvalue weighted by atomic mass is 19.1. The molecule has 7 nitrogen and oxygen atoms in total. The van der Waals surface area contributed by atoms with Crippen LogP contribution in [0.3, 0.4) is 0 Å². The summed E-state index contributed by atoms with van der Waals surface area (Å²) in [6.07, 6.45) is -0.235. The number of carboxylic acid groups (broad SMARTS) is 1. The summed E-state index contributed by atoms with van der Waals surface area (Å²) < 4.78 is 23.1. The molecule has 6 bridgehead atoms. The first-order valence-corrected chi connectivity index (χ1v) is 12.6. The molecule has 2 unspecified atom stereocenters. The van der Waals surface area contributed by atoms with Gasteiger partial charge in [0.25, 0.3) is 0 Å². The van der Waals surface area contributed by atoms with Crippen LogP contribution >= 0.6 is 0 Å². The zero-order valence-electron chi connectivity index (χ0n) is 21.4. The molecule has 4 N–H and O–H groups in total. The van der Waals surface area contributed by atoms with Crippen molar-refractivity contribution in [3.05, 3.63) is 88.2 Å². The Kier molecular flexibility index (Phi) is 6.56. The summed E-state index contributed by atoms with van der Waals surface area (Å²) >= 11 is 0. The molecule has 3 aromatic carbocycles. The van der Waals surface area contributed by atoms with Crippen molar-refractivity contribution < 1.29 is 19.0 Å². The number of rotatable bonds is 4. The van der Waals surface area contributed by atoms with Gasteiger partial charge in [0.05, 0.1) is 24.3 Å². The zero-order valence-corrected chi connectivity index (χ0v) is 21.4. The second-order valence-electron chi connectivity index (χ2n) is 10.2. The van der Waals surface area contributed by atoms with Gasteiger partial charge in [0.1, 0.15) is 5.75 Å². The summed E-state index contributed by atoms with van der Waals surface area (Å²) in [5.41, 5.74) is 3.98. The van der Waals surface area contributed by atoms with E-state index in [9.17, 15) is 9.90 Å². The summed E-state index contributed by atoms with van der Waals surface area (Å²) in [4.78, 5) is 14.2. The van der Waals surface area contributed by atoms with Crippen molar-refractivity contribution in [2.45, 2.75) is 51.9 Å². The maximum atomic E-state index is 16.5. The van der Waals surface area contributed by atoms with E-state index >= 15 is 4.39 Å². The third-order valence-electron chi connectivity index (χ3n) is 7.34. The molecular weight excluding hydrogens is 471 g/mol. The van der Waals surface area contributed by atoms with Crippen molar-refractivity contribution in [2.24, 2.45) is 5.84 Å².